The molecule has 0 aromatic heterocycles. The van der Waals surface area contributed by atoms with Crippen LogP contribution in [0.5, 0.6) is 0 Å². The van der Waals surface area contributed by atoms with Gasteiger partial charge in [-0.15, -0.1) is 0 Å². The summed E-state index contributed by atoms with van der Waals surface area (Å²) in [5.41, 5.74) is 7.60. The van der Waals surface area contributed by atoms with Crippen LogP contribution in [0.1, 0.15) is 18.1 Å². The molecule has 1 amide bonds. The molecule has 1 aromatic carbocycles. The van der Waals surface area contributed by atoms with Gasteiger partial charge in [-0.3, -0.25) is 0 Å². The molecule has 0 aliphatic heterocycles. The zero-order chi connectivity index (χ0) is 15.1. The first kappa shape index (κ1) is 16.0. The number of nitrogens with two attached hydrogens (primary N) is 1. The van der Waals surface area contributed by atoms with Crippen molar-refractivity contribution >= 4 is 12.1 Å². The smallest absolute Gasteiger partial charge is 0.408 e. The van der Waals surface area contributed by atoms with Gasteiger partial charge >= 0.3 is 12.1 Å². The average Bonchev–Trinajstić information content (AvgIpc) is 2.43. The number of carbonyl (C=O) groups is 2. The van der Waals surface area contributed by atoms with Gasteiger partial charge in [-0.2, -0.15) is 0 Å². The molecule has 0 aliphatic carbocycles. The van der Waals surface area contributed by atoms with Crippen LogP contribution >= 0.6 is 0 Å². The summed E-state index contributed by atoms with van der Waals surface area (Å²) in [5.74, 6) is -0.604. The molecule has 20 heavy (non-hydrogen) atoms. The second kappa shape index (κ2) is 7.49. The number of carbonyl (C=O) groups excluding carboxylic acids is 2. The molecular formula is C14H20N2O4. The van der Waals surface area contributed by atoms with Crippen molar-refractivity contribution in [2.24, 2.45) is 5.73 Å². The van der Waals surface area contributed by atoms with Crippen molar-refractivity contribution in [1.29, 1.82) is 0 Å². The minimum atomic E-state index is -0.925. The van der Waals surface area contributed by atoms with Crippen LogP contribution in [0.25, 0.3) is 0 Å². The largest absolute Gasteiger partial charge is 0.467 e. The highest BCUT2D eigenvalue weighted by Crippen LogP contribution is 2.05. The predicted octanol–water partition coefficient (Wildman–Crippen LogP) is 1.11. The fourth-order valence-electron chi connectivity index (χ4n) is 1.53. The van der Waals surface area contributed by atoms with Gasteiger partial charge in [0, 0.05) is 6.04 Å². The molecular weight excluding hydrogens is 260 g/mol. The van der Waals surface area contributed by atoms with Crippen molar-refractivity contribution in [2.75, 3.05) is 7.11 Å². The molecule has 0 saturated heterocycles. The van der Waals surface area contributed by atoms with Gasteiger partial charge < -0.3 is 20.5 Å². The second-order valence-electron chi connectivity index (χ2n) is 4.57. The summed E-state index contributed by atoms with van der Waals surface area (Å²) in [7, 11) is 1.23. The molecule has 0 radical (unpaired) electrons. The summed E-state index contributed by atoms with van der Waals surface area (Å²) in [6.45, 7) is 3.70. The average molecular weight is 280 g/mol. The Kier molecular flexibility index (Phi) is 5.99. The summed E-state index contributed by atoms with van der Waals surface area (Å²) >= 11 is 0. The molecule has 6 nitrogen and oxygen atoms in total. The zero-order valence-electron chi connectivity index (χ0n) is 11.9. The van der Waals surface area contributed by atoms with Crippen LogP contribution in [-0.4, -0.2) is 31.3 Å². The number of hydrogen-bond acceptors (Lipinski definition) is 5. The lowest BCUT2D eigenvalue weighted by Gasteiger charge is -2.19. The molecule has 3 N–H and O–H groups in total. The van der Waals surface area contributed by atoms with Crippen molar-refractivity contribution in [3.63, 3.8) is 0 Å². The van der Waals surface area contributed by atoms with Crippen molar-refractivity contribution in [2.45, 2.75) is 32.5 Å². The van der Waals surface area contributed by atoms with Gasteiger partial charge in [-0.25, -0.2) is 9.59 Å². The molecule has 0 spiro atoms. The summed E-state index contributed by atoms with van der Waals surface area (Å²) in [4.78, 5) is 23.1. The first-order valence-electron chi connectivity index (χ1n) is 6.26. The number of benzene rings is 1. The van der Waals surface area contributed by atoms with Crippen molar-refractivity contribution in [3.05, 3.63) is 35.4 Å². The topological polar surface area (TPSA) is 90.6 Å². The molecule has 0 fully saturated rings. The van der Waals surface area contributed by atoms with E-state index in [1.807, 2.05) is 31.2 Å². The molecule has 0 bridgehead atoms. The van der Waals surface area contributed by atoms with Crippen molar-refractivity contribution in [3.8, 4) is 0 Å². The van der Waals surface area contributed by atoms with Gasteiger partial charge in [-0.1, -0.05) is 29.8 Å². The highest BCUT2D eigenvalue weighted by Gasteiger charge is 2.25. The first-order chi connectivity index (χ1) is 9.43. The van der Waals surface area contributed by atoms with E-state index in [1.165, 1.54) is 7.11 Å². The van der Waals surface area contributed by atoms with Crippen LogP contribution in [0.3, 0.4) is 0 Å². The molecule has 0 unspecified atom stereocenters. The van der Waals surface area contributed by atoms with Crippen LogP contribution < -0.4 is 11.1 Å². The van der Waals surface area contributed by atoms with Gasteiger partial charge in [0.05, 0.1) is 7.11 Å². The van der Waals surface area contributed by atoms with Crippen LogP contribution in [0.2, 0.25) is 0 Å². The Hall–Kier alpha value is -2.08. The normalized spacial score (nSPS) is 13.2. The molecule has 1 aromatic rings. The minimum Gasteiger partial charge on any atom is -0.467 e. The van der Waals surface area contributed by atoms with E-state index in [0.29, 0.717) is 0 Å². The lowest BCUT2D eigenvalue weighted by atomic mass is 10.1. The van der Waals surface area contributed by atoms with Crippen molar-refractivity contribution < 1.29 is 19.1 Å². The molecule has 0 aliphatic rings. The number of ether oxygens (including phenoxy) is 2. The van der Waals surface area contributed by atoms with Gasteiger partial charge in [0.25, 0.3) is 0 Å². The summed E-state index contributed by atoms with van der Waals surface area (Å²) < 4.78 is 9.59. The third kappa shape index (κ3) is 4.89. The van der Waals surface area contributed by atoms with E-state index in [-0.39, 0.29) is 6.61 Å². The predicted molar refractivity (Wildman–Crippen MR) is 74.0 cm³/mol. The SMILES string of the molecule is COC(=O)[C@H](NC(=O)OCc1ccc(C)cc1)[C@@H](C)N. The lowest BCUT2D eigenvalue weighted by Crippen LogP contribution is -2.51. The van der Waals surface area contributed by atoms with Gasteiger partial charge in [0.1, 0.15) is 12.6 Å². The Morgan fingerprint density at radius 3 is 2.40 bits per heavy atom. The fraction of sp³-hybridized carbons (Fsp3) is 0.429. The van der Waals surface area contributed by atoms with Crippen LogP contribution in [0.4, 0.5) is 4.79 Å². The fourth-order valence-corrected chi connectivity index (χ4v) is 1.53. The van der Waals surface area contributed by atoms with Crippen molar-refractivity contribution in [1.82, 2.24) is 5.32 Å². The van der Waals surface area contributed by atoms with Crippen LogP contribution in [-0.2, 0) is 20.9 Å². The summed E-state index contributed by atoms with van der Waals surface area (Å²) in [6.07, 6.45) is -0.710. The van der Waals surface area contributed by atoms with E-state index in [4.69, 9.17) is 10.5 Å². The second-order valence-corrected chi connectivity index (χ2v) is 4.57. The Labute approximate surface area is 118 Å². The van der Waals surface area contributed by atoms with Gasteiger partial charge in [0.15, 0.2) is 0 Å². The molecule has 110 valence electrons. The zero-order valence-corrected chi connectivity index (χ0v) is 11.9. The Bertz CT molecular complexity index is 457. The maximum Gasteiger partial charge on any atom is 0.408 e. The van der Waals surface area contributed by atoms with Gasteiger partial charge in [-0.05, 0) is 19.4 Å². The van der Waals surface area contributed by atoms with E-state index in [2.05, 4.69) is 10.1 Å². The minimum absolute atomic E-state index is 0.124. The maximum atomic E-state index is 11.6. The molecule has 0 saturated carbocycles. The molecule has 6 heteroatoms. The third-order valence-electron chi connectivity index (χ3n) is 2.74. The molecule has 0 heterocycles. The summed E-state index contributed by atoms with van der Waals surface area (Å²) in [6, 6.07) is 6.09. The van der Waals surface area contributed by atoms with Crippen LogP contribution in [0.15, 0.2) is 24.3 Å². The number of esters is 1. The van der Waals surface area contributed by atoms with Gasteiger partial charge in [0.2, 0.25) is 0 Å². The third-order valence-corrected chi connectivity index (χ3v) is 2.74. The number of rotatable bonds is 5. The quantitative estimate of drug-likeness (QED) is 0.788. The maximum absolute atomic E-state index is 11.6. The Balaban J connectivity index is 2.49. The van der Waals surface area contributed by atoms with E-state index < -0.39 is 24.1 Å². The first-order valence-corrected chi connectivity index (χ1v) is 6.26. The monoisotopic (exact) mass is 280 g/mol. The lowest BCUT2D eigenvalue weighted by molar-refractivity contribution is -0.143. The Morgan fingerprint density at radius 2 is 1.90 bits per heavy atom. The number of amides is 1. The molecule has 1 rings (SSSR count). The number of nitrogens with one attached hydrogen (secondary N) is 1. The van der Waals surface area contributed by atoms with E-state index in [0.717, 1.165) is 11.1 Å². The number of aryl methyl sites for hydroxylation is 1. The number of hydrogen-bond donors (Lipinski definition) is 2. The highest BCUT2D eigenvalue weighted by molar-refractivity contribution is 5.81. The molecule has 2 atom stereocenters. The highest BCUT2D eigenvalue weighted by atomic mass is 16.6. The summed E-state index contributed by atoms with van der Waals surface area (Å²) in [5, 5.41) is 2.39. The Morgan fingerprint density at radius 1 is 1.30 bits per heavy atom. The van der Waals surface area contributed by atoms with E-state index in [1.54, 1.807) is 6.92 Å². The number of methoxy groups -OCH3 is 1. The standard InChI is InChI=1S/C14H20N2O4/c1-9-4-6-11(7-5-9)8-20-14(18)16-12(10(2)15)13(17)19-3/h4-7,10,12H,8,15H2,1-3H3,(H,16,18)/t10-,12-/m1/s1. The van der Waals surface area contributed by atoms with Crippen LogP contribution in [0, 0.1) is 6.92 Å². The van der Waals surface area contributed by atoms with E-state index >= 15 is 0 Å². The van der Waals surface area contributed by atoms with E-state index in [9.17, 15) is 9.59 Å². The number of alkyl carbamates (subject to hydrolysis) is 1.